The standard InChI is InChI=1S/C28H22F4N6O6/c1-37-25-18(17-9-21(43-2)22(10-19(17)26(40)41)44-12-23-33-13-34-36-23)7-14(28(30,31)32)8-20(25)38(27(37)42)11-24(39)35-16-5-3-15(29)4-6-16/h3-10,13H,11-12H2,1-2H3,(H,35,39)(H,40,41)(H,33,34,36). The van der Waals surface area contributed by atoms with Crippen LogP contribution in [0.1, 0.15) is 21.7 Å². The molecule has 0 atom stereocenters. The fraction of sp³-hybridized carbons (Fsp3) is 0.179. The van der Waals surface area contributed by atoms with Crippen LogP contribution in [0, 0.1) is 5.82 Å². The van der Waals surface area contributed by atoms with Crippen LogP contribution in [0.3, 0.4) is 0 Å². The highest BCUT2D eigenvalue weighted by molar-refractivity contribution is 6.03. The van der Waals surface area contributed by atoms with E-state index in [0.717, 1.165) is 33.4 Å². The summed E-state index contributed by atoms with van der Waals surface area (Å²) in [6.07, 6.45) is -3.60. The number of anilines is 1. The fourth-order valence-electron chi connectivity index (χ4n) is 4.64. The fourth-order valence-corrected chi connectivity index (χ4v) is 4.64. The van der Waals surface area contributed by atoms with Crippen LogP contribution >= 0.6 is 0 Å². The summed E-state index contributed by atoms with van der Waals surface area (Å²) in [7, 11) is 2.54. The number of methoxy groups -OCH3 is 1. The van der Waals surface area contributed by atoms with Crippen LogP contribution in [0.2, 0.25) is 0 Å². The van der Waals surface area contributed by atoms with Gasteiger partial charge in [-0.05, 0) is 48.5 Å². The van der Waals surface area contributed by atoms with E-state index >= 15 is 0 Å². The molecule has 44 heavy (non-hydrogen) atoms. The summed E-state index contributed by atoms with van der Waals surface area (Å²) in [6, 6.07) is 8.46. The van der Waals surface area contributed by atoms with Crippen molar-refractivity contribution < 1.29 is 41.7 Å². The summed E-state index contributed by atoms with van der Waals surface area (Å²) in [5, 5.41) is 19.9. The van der Waals surface area contributed by atoms with E-state index in [-0.39, 0.29) is 46.0 Å². The molecular formula is C28H22F4N6O6. The Hall–Kier alpha value is -5.67. The SMILES string of the molecule is COc1cc(-c2cc(C(F)(F)F)cc3c2n(C)c(=O)n3CC(=O)Nc2ccc(F)cc2)c(C(=O)O)cc1OCc1nnc[nH]1. The zero-order valence-corrected chi connectivity index (χ0v) is 22.9. The lowest BCUT2D eigenvalue weighted by Crippen LogP contribution is -2.28. The van der Waals surface area contributed by atoms with Crippen LogP contribution in [0.5, 0.6) is 11.5 Å². The van der Waals surface area contributed by atoms with Crippen LogP contribution in [0.15, 0.2) is 59.7 Å². The average molecular weight is 615 g/mol. The molecule has 0 aliphatic rings. The van der Waals surface area contributed by atoms with Gasteiger partial charge in [-0.1, -0.05) is 0 Å². The third-order valence-electron chi connectivity index (χ3n) is 6.65. The molecule has 0 fully saturated rings. The molecule has 5 rings (SSSR count). The van der Waals surface area contributed by atoms with Gasteiger partial charge in [0.2, 0.25) is 5.91 Å². The number of nitrogens with one attached hydrogen (secondary N) is 2. The van der Waals surface area contributed by atoms with E-state index in [1.54, 1.807) is 0 Å². The molecule has 0 saturated heterocycles. The maximum Gasteiger partial charge on any atom is 0.416 e. The number of amides is 1. The topological polar surface area (TPSA) is 153 Å². The van der Waals surface area contributed by atoms with Gasteiger partial charge in [0.1, 0.15) is 25.3 Å². The number of fused-ring (bicyclic) bond motifs is 1. The number of benzene rings is 3. The Kier molecular flexibility index (Phi) is 7.82. The number of aromatic nitrogens is 5. The second-order valence-corrected chi connectivity index (χ2v) is 9.45. The van der Waals surface area contributed by atoms with Crippen molar-refractivity contribution in [2.24, 2.45) is 7.05 Å². The van der Waals surface area contributed by atoms with Crippen molar-refractivity contribution in [3.8, 4) is 22.6 Å². The molecule has 5 aromatic rings. The number of alkyl halides is 3. The number of rotatable bonds is 9. The van der Waals surface area contributed by atoms with E-state index in [1.165, 1.54) is 38.7 Å². The first-order valence-corrected chi connectivity index (χ1v) is 12.7. The third-order valence-corrected chi connectivity index (χ3v) is 6.65. The molecule has 3 aromatic carbocycles. The zero-order valence-electron chi connectivity index (χ0n) is 22.9. The van der Waals surface area contributed by atoms with Crippen molar-refractivity contribution in [1.82, 2.24) is 24.3 Å². The van der Waals surface area contributed by atoms with Crippen molar-refractivity contribution in [1.29, 1.82) is 0 Å². The number of carbonyl (C=O) groups excluding carboxylic acids is 1. The normalized spacial score (nSPS) is 11.5. The lowest BCUT2D eigenvalue weighted by molar-refractivity contribution is -0.137. The number of aromatic amines is 1. The number of carboxylic acid groups (broad SMARTS) is 1. The minimum absolute atomic E-state index is 0.0156. The average Bonchev–Trinajstić information content (AvgIpc) is 3.59. The number of ether oxygens (including phenoxy) is 2. The first kappa shape index (κ1) is 29.8. The van der Waals surface area contributed by atoms with Gasteiger partial charge in [0.15, 0.2) is 17.3 Å². The van der Waals surface area contributed by atoms with E-state index in [0.29, 0.717) is 11.9 Å². The lowest BCUT2D eigenvalue weighted by Gasteiger charge is -2.17. The Balaban J connectivity index is 1.67. The first-order chi connectivity index (χ1) is 20.9. The number of halogens is 4. The molecule has 0 spiro atoms. The van der Waals surface area contributed by atoms with Gasteiger partial charge in [-0.2, -0.15) is 13.2 Å². The number of hydrogen-bond donors (Lipinski definition) is 3. The van der Waals surface area contributed by atoms with E-state index in [1.807, 2.05) is 0 Å². The summed E-state index contributed by atoms with van der Waals surface area (Å²) >= 11 is 0. The Labute approximate surface area is 244 Å². The van der Waals surface area contributed by atoms with Crippen molar-refractivity contribution >= 4 is 28.6 Å². The summed E-state index contributed by atoms with van der Waals surface area (Å²) in [5.74, 6) is -2.57. The van der Waals surface area contributed by atoms with Gasteiger partial charge in [-0.25, -0.2) is 14.0 Å². The Morgan fingerprint density at radius 1 is 1.07 bits per heavy atom. The van der Waals surface area contributed by atoms with Gasteiger partial charge < -0.3 is 24.9 Å². The summed E-state index contributed by atoms with van der Waals surface area (Å²) in [6.45, 7) is -0.849. The van der Waals surface area contributed by atoms with Crippen LogP contribution in [0.25, 0.3) is 22.2 Å². The van der Waals surface area contributed by atoms with Crippen molar-refractivity contribution in [3.63, 3.8) is 0 Å². The Morgan fingerprint density at radius 2 is 1.80 bits per heavy atom. The van der Waals surface area contributed by atoms with Crippen molar-refractivity contribution in [2.75, 3.05) is 12.4 Å². The van der Waals surface area contributed by atoms with Crippen LogP contribution in [-0.2, 0) is 31.2 Å². The van der Waals surface area contributed by atoms with Crippen LogP contribution in [-0.4, -0.2) is 48.4 Å². The number of hydrogen-bond acceptors (Lipinski definition) is 7. The molecular weight excluding hydrogens is 592 g/mol. The molecule has 2 aromatic heterocycles. The molecule has 0 bridgehead atoms. The molecule has 0 saturated carbocycles. The van der Waals surface area contributed by atoms with E-state index in [9.17, 15) is 37.1 Å². The molecule has 0 aliphatic heterocycles. The predicted molar refractivity (Wildman–Crippen MR) is 147 cm³/mol. The van der Waals surface area contributed by atoms with Gasteiger partial charge in [-0.15, -0.1) is 10.2 Å². The van der Waals surface area contributed by atoms with E-state index in [2.05, 4.69) is 20.5 Å². The summed E-state index contributed by atoms with van der Waals surface area (Å²) in [4.78, 5) is 41.2. The number of imidazole rings is 1. The molecule has 1 amide bonds. The highest BCUT2D eigenvalue weighted by Crippen LogP contribution is 2.42. The van der Waals surface area contributed by atoms with Gasteiger partial charge in [-0.3, -0.25) is 13.9 Å². The van der Waals surface area contributed by atoms with Gasteiger partial charge in [0, 0.05) is 23.9 Å². The minimum atomic E-state index is -4.91. The molecule has 0 radical (unpaired) electrons. The second kappa shape index (κ2) is 11.5. The maximum absolute atomic E-state index is 14.2. The van der Waals surface area contributed by atoms with E-state index in [4.69, 9.17) is 9.47 Å². The molecule has 2 heterocycles. The predicted octanol–water partition coefficient (Wildman–Crippen LogP) is 4.21. The molecule has 0 aliphatic carbocycles. The monoisotopic (exact) mass is 614 g/mol. The number of nitrogens with zero attached hydrogens (tertiary/aromatic N) is 4. The van der Waals surface area contributed by atoms with Crippen molar-refractivity contribution in [3.05, 3.63) is 88.1 Å². The third kappa shape index (κ3) is 5.81. The first-order valence-electron chi connectivity index (χ1n) is 12.7. The van der Waals surface area contributed by atoms with E-state index < -0.39 is 47.2 Å². The smallest absolute Gasteiger partial charge is 0.416 e. The number of aryl methyl sites for hydroxylation is 1. The zero-order chi connectivity index (χ0) is 31.8. The highest BCUT2D eigenvalue weighted by atomic mass is 19.4. The Morgan fingerprint density at radius 3 is 2.41 bits per heavy atom. The molecule has 0 unspecified atom stereocenters. The second-order valence-electron chi connectivity index (χ2n) is 9.45. The molecule has 12 nitrogen and oxygen atoms in total. The molecule has 16 heteroatoms. The molecule has 228 valence electrons. The summed E-state index contributed by atoms with van der Waals surface area (Å²) < 4.78 is 68.6. The van der Waals surface area contributed by atoms with Crippen LogP contribution in [0.4, 0.5) is 23.2 Å². The van der Waals surface area contributed by atoms with Gasteiger partial charge in [0.25, 0.3) is 0 Å². The van der Waals surface area contributed by atoms with Crippen LogP contribution < -0.4 is 20.5 Å². The van der Waals surface area contributed by atoms with Gasteiger partial charge in [0.05, 0.1) is 29.3 Å². The maximum atomic E-state index is 14.2. The number of H-pyrrole nitrogens is 1. The van der Waals surface area contributed by atoms with Crippen molar-refractivity contribution in [2.45, 2.75) is 19.3 Å². The molecule has 3 N–H and O–H groups in total. The number of aromatic carboxylic acids is 1. The quantitative estimate of drug-likeness (QED) is 0.209. The minimum Gasteiger partial charge on any atom is -0.493 e. The highest BCUT2D eigenvalue weighted by Gasteiger charge is 2.34. The summed E-state index contributed by atoms with van der Waals surface area (Å²) in [5.41, 5.74) is -3.11. The lowest BCUT2D eigenvalue weighted by atomic mass is 9.95. The van der Waals surface area contributed by atoms with Gasteiger partial charge >= 0.3 is 17.8 Å². The number of carbonyl (C=O) groups is 2. The largest absolute Gasteiger partial charge is 0.493 e. The number of carboxylic acids is 1. The Bertz CT molecular complexity index is 1930.